The minimum Gasteiger partial charge on any atom is -0.390 e. The molecule has 0 unspecified atom stereocenters. The summed E-state index contributed by atoms with van der Waals surface area (Å²) < 4.78 is 2.03. The molecule has 2 nitrogen and oxygen atoms in total. The summed E-state index contributed by atoms with van der Waals surface area (Å²) in [5, 5.41) is 2.64. The van der Waals surface area contributed by atoms with E-state index in [2.05, 4.69) is 83.1 Å². The van der Waals surface area contributed by atoms with Crippen LogP contribution in [-0.2, 0) is 0 Å². The highest BCUT2D eigenvalue weighted by molar-refractivity contribution is 8.23. The van der Waals surface area contributed by atoms with E-state index in [0.29, 0.717) is 0 Å². The van der Waals surface area contributed by atoms with E-state index in [9.17, 15) is 0 Å². The Morgan fingerprint density at radius 1 is 0.667 bits per heavy atom. The lowest BCUT2D eigenvalue weighted by atomic mass is 10.2. The first kappa shape index (κ1) is 24.7. The maximum Gasteiger partial charge on any atom is 0.325 e. The van der Waals surface area contributed by atoms with Gasteiger partial charge in [0.1, 0.15) is 0 Å². The Bertz CT molecular complexity index is 992. The fourth-order valence-corrected chi connectivity index (χ4v) is 9.98. The quantitative estimate of drug-likeness (QED) is 0.339. The second kappa shape index (κ2) is 11.4. The molecule has 0 bridgehead atoms. The monoisotopic (exact) mass is 526 g/mol. The predicted octanol–water partition coefficient (Wildman–Crippen LogP) is 5.68. The van der Waals surface area contributed by atoms with Crippen molar-refractivity contribution in [1.29, 1.82) is 0 Å². The molecule has 0 heterocycles. The first-order valence-electron chi connectivity index (χ1n) is 11.4. The standard InChI is InChI=1S/C26H30N2S4Si/c1-31-25(29)21-15-9-17-23(21)27-33(19-11-5-3-6-12-19,20-13-7-4-8-14-20)28-24-18-10-16-22(24)26(30)32-2/h3-8,11-14,27-28H,9-10,15-18H2,1-2H3. The lowest BCUT2D eigenvalue weighted by Crippen LogP contribution is -2.77. The summed E-state index contributed by atoms with van der Waals surface area (Å²) in [6.45, 7) is 0. The van der Waals surface area contributed by atoms with E-state index in [4.69, 9.17) is 24.4 Å². The maximum atomic E-state index is 5.76. The molecule has 2 aliphatic rings. The maximum absolute atomic E-state index is 5.76. The van der Waals surface area contributed by atoms with Gasteiger partial charge in [-0.1, -0.05) is 85.1 Å². The van der Waals surface area contributed by atoms with Crippen LogP contribution in [0.15, 0.2) is 83.2 Å². The zero-order chi connectivity index (χ0) is 23.3. The highest BCUT2D eigenvalue weighted by Gasteiger charge is 2.42. The Labute approximate surface area is 218 Å². The van der Waals surface area contributed by atoms with Crippen LogP contribution in [0.1, 0.15) is 38.5 Å². The number of hydrogen-bond acceptors (Lipinski definition) is 6. The van der Waals surface area contributed by atoms with Gasteiger partial charge < -0.3 is 9.96 Å². The van der Waals surface area contributed by atoms with Crippen molar-refractivity contribution in [2.45, 2.75) is 38.5 Å². The number of benzene rings is 2. The van der Waals surface area contributed by atoms with Crippen molar-refractivity contribution in [3.8, 4) is 0 Å². The topological polar surface area (TPSA) is 24.1 Å². The Balaban J connectivity index is 1.90. The Hall–Kier alpha value is -1.38. The average Bonchev–Trinajstić information content (AvgIpc) is 3.53. The molecule has 2 aliphatic carbocycles. The summed E-state index contributed by atoms with van der Waals surface area (Å²) >= 11 is 14.9. The van der Waals surface area contributed by atoms with Gasteiger partial charge in [0.25, 0.3) is 0 Å². The van der Waals surface area contributed by atoms with Crippen LogP contribution < -0.4 is 20.3 Å². The first-order chi connectivity index (χ1) is 16.1. The molecule has 0 saturated heterocycles. The van der Waals surface area contributed by atoms with Gasteiger partial charge in [-0.2, -0.15) is 0 Å². The largest absolute Gasteiger partial charge is 0.390 e. The SMILES string of the molecule is CSC(=S)C1=C(N[Si](NC2=C(C(=S)SC)CCC2)(c2ccccc2)c2ccccc2)CCC1. The smallest absolute Gasteiger partial charge is 0.325 e. The van der Waals surface area contributed by atoms with Crippen LogP contribution in [0.5, 0.6) is 0 Å². The van der Waals surface area contributed by atoms with Gasteiger partial charge in [-0.05, 0) is 72.6 Å². The van der Waals surface area contributed by atoms with Crippen LogP contribution in [0.3, 0.4) is 0 Å². The molecular weight excluding hydrogens is 497 g/mol. The van der Waals surface area contributed by atoms with Crippen molar-refractivity contribution >= 4 is 75.1 Å². The lowest BCUT2D eigenvalue weighted by molar-refractivity contribution is 0.854. The van der Waals surface area contributed by atoms with E-state index < -0.39 is 8.40 Å². The molecule has 0 aromatic heterocycles. The number of thiocarbonyl (C=S) groups is 2. The summed E-state index contributed by atoms with van der Waals surface area (Å²) in [6.07, 6.45) is 10.7. The second-order valence-corrected chi connectivity index (χ2v) is 14.5. The summed E-state index contributed by atoms with van der Waals surface area (Å²) in [5.74, 6) is 0. The van der Waals surface area contributed by atoms with Crippen molar-refractivity contribution < 1.29 is 0 Å². The minimum absolute atomic E-state index is 1.02. The zero-order valence-corrected chi connectivity index (χ0v) is 23.4. The number of allylic oxidation sites excluding steroid dienone is 2. The molecule has 0 fully saturated rings. The van der Waals surface area contributed by atoms with Gasteiger partial charge in [0.05, 0.1) is 8.39 Å². The van der Waals surface area contributed by atoms with E-state index >= 15 is 0 Å². The molecule has 7 heteroatoms. The zero-order valence-electron chi connectivity index (χ0n) is 19.1. The molecule has 0 atom stereocenters. The first-order valence-corrected chi connectivity index (χ1v) is 16.6. The molecular formula is C26H30N2S4Si. The summed E-state index contributed by atoms with van der Waals surface area (Å²) in [7, 11) is -2.63. The molecule has 33 heavy (non-hydrogen) atoms. The molecule has 2 aromatic carbocycles. The van der Waals surface area contributed by atoms with Gasteiger partial charge >= 0.3 is 8.40 Å². The fourth-order valence-electron chi connectivity index (χ4n) is 4.78. The summed E-state index contributed by atoms with van der Waals surface area (Å²) in [5.41, 5.74) is 5.27. The number of hydrogen-bond donors (Lipinski definition) is 2. The number of rotatable bonds is 8. The second-order valence-electron chi connectivity index (χ2n) is 8.34. The van der Waals surface area contributed by atoms with Crippen LogP contribution in [0.2, 0.25) is 0 Å². The van der Waals surface area contributed by atoms with Crippen LogP contribution >= 0.6 is 48.0 Å². The highest BCUT2D eigenvalue weighted by Crippen LogP contribution is 2.32. The minimum atomic E-state index is -2.63. The van der Waals surface area contributed by atoms with E-state index in [1.165, 1.54) is 32.9 Å². The third-order valence-corrected chi connectivity index (χ3v) is 12.9. The van der Waals surface area contributed by atoms with Crippen molar-refractivity contribution in [1.82, 2.24) is 9.96 Å². The molecule has 2 aromatic rings. The van der Waals surface area contributed by atoms with Crippen molar-refractivity contribution in [3.63, 3.8) is 0 Å². The summed E-state index contributed by atoms with van der Waals surface area (Å²) in [4.78, 5) is 8.31. The Morgan fingerprint density at radius 3 is 1.42 bits per heavy atom. The average molecular weight is 527 g/mol. The number of thioether (sulfide) groups is 2. The van der Waals surface area contributed by atoms with Gasteiger partial charge in [0, 0.05) is 11.4 Å². The fraction of sp³-hybridized carbons (Fsp3) is 0.308. The number of nitrogens with one attached hydrogen (secondary N) is 2. The van der Waals surface area contributed by atoms with Crippen molar-refractivity contribution in [2.24, 2.45) is 0 Å². The van der Waals surface area contributed by atoms with Gasteiger partial charge in [0.15, 0.2) is 0 Å². The highest BCUT2D eigenvalue weighted by atomic mass is 32.2. The molecule has 0 saturated carbocycles. The summed E-state index contributed by atoms with van der Waals surface area (Å²) in [6, 6.07) is 21.9. The predicted molar refractivity (Wildman–Crippen MR) is 158 cm³/mol. The van der Waals surface area contributed by atoms with Crippen molar-refractivity contribution in [3.05, 3.63) is 83.2 Å². The molecule has 0 aliphatic heterocycles. The van der Waals surface area contributed by atoms with Gasteiger partial charge in [-0.3, -0.25) is 0 Å². The van der Waals surface area contributed by atoms with Crippen molar-refractivity contribution in [2.75, 3.05) is 12.5 Å². The van der Waals surface area contributed by atoms with E-state index in [1.807, 2.05) is 0 Å². The van der Waals surface area contributed by atoms with E-state index in [1.54, 1.807) is 23.5 Å². The van der Waals surface area contributed by atoms with Gasteiger partial charge in [-0.15, -0.1) is 23.5 Å². The van der Waals surface area contributed by atoms with Crippen LogP contribution in [0, 0.1) is 0 Å². The normalized spacial score (nSPS) is 16.3. The molecule has 172 valence electrons. The Kier molecular flexibility index (Phi) is 8.52. The van der Waals surface area contributed by atoms with Crippen LogP contribution in [0.25, 0.3) is 0 Å². The van der Waals surface area contributed by atoms with Crippen LogP contribution in [-0.4, -0.2) is 29.3 Å². The molecule has 0 radical (unpaired) electrons. The van der Waals surface area contributed by atoms with E-state index in [-0.39, 0.29) is 0 Å². The van der Waals surface area contributed by atoms with Crippen LogP contribution in [0.4, 0.5) is 0 Å². The third kappa shape index (κ3) is 5.33. The van der Waals surface area contributed by atoms with Gasteiger partial charge in [-0.25, -0.2) is 0 Å². The third-order valence-electron chi connectivity index (χ3n) is 6.39. The molecule has 0 spiro atoms. The lowest BCUT2D eigenvalue weighted by Gasteiger charge is -2.37. The molecule has 4 rings (SSSR count). The Morgan fingerprint density at radius 2 is 1.06 bits per heavy atom. The molecule has 0 amide bonds. The van der Waals surface area contributed by atoms with Gasteiger partial charge in [0.2, 0.25) is 0 Å². The van der Waals surface area contributed by atoms with E-state index in [0.717, 1.165) is 46.9 Å². The molecule has 2 N–H and O–H groups in total.